The molecule has 0 N–H and O–H groups in total. The van der Waals surface area contributed by atoms with E-state index in [2.05, 4.69) is 10.1 Å². The Kier molecular flexibility index (Phi) is 5.37. The molecule has 0 saturated carbocycles. The van der Waals surface area contributed by atoms with Gasteiger partial charge in [-0.05, 0) is 48.4 Å². The third-order valence-corrected chi connectivity index (χ3v) is 5.90. The van der Waals surface area contributed by atoms with Crippen molar-refractivity contribution in [3.8, 4) is 22.8 Å². The standard InChI is InChI=1S/C25H22N4O5/c1-32-21-7-6-16(13-22(21)33-2)19-8-10-26-23-14-18(27-29(19)23)24(30)28-11-9-15-4-5-17(12-20(15)28)25(31)34-3/h4-8,10,12-14H,9,11H2,1-3H3. The molecule has 34 heavy (non-hydrogen) atoms. The van der Waals surface area contributed by atoms with E-state index in [1.807, 2.05) is 30.3 Å². The Morgan fingerprint density at radius 3 is 2.53 bits per heavy atom. The average molecular weight is 458 g/mol. The Hall–Kier alpha value is -4.40. The van der Waals surface area contributed by atoms with E-state index in [1.54, 1.807) is 48.0 Å². The smallest absolute Gasteiger partial charge is 0.337 e. The molecule has 4 aromatic rings. The van der Waals surface area contributed by atoms with Gasteiger partial charge in [-0.15, -0.1) is 0 Å². The van der Waals surface area contributed by atoms with Crippen molar-refractivity contribution in [3.05, 3.63) is 71.5 Å². The predicted molar refractivity (Wildman–Crippen MR) is 125 cm³/mol. The molecule has 0 fully saturated rings. The van der Waals surface area contributed by atoms with Crippen LogP contribution in [0.5, 0.6) is 11.5 Å². The number of aromatic nitrogens is 3. The van der Waals surface area contributed by atoms with Crippen molar-refractivity contribution in [1.29, 1.82) is 0 Å². The molecule has 1 amide bonds. The second kappa shape index (κ2) is 8.51. The zero-order chi connectivity index (χ0) is 23.8. The Bertz CT molecular complexity index is 1430. The highest BCUT2D eigenvalue weighted by Gasteiger charge is 2.28. The van der Waals surface area contributed by atoms with Gasteiger partial charge in [-0.3, -0.25) is 4.79 Å². The molecule has 0 aliphatic carbocycles. The third-order valence-electron chi connectivity index (χ3n) is 5.90. The number of hydrogen-bond donors (Lipinski definition) is 0. The molecule has 0 saturated heterocycles. The number of amides is 1. The molecule has 172 valence electrons. The molecule has 3 heterocycles. The van der Waals surface area contributed by atoms with E-state index in [0.29, 0.717) is 41.4 Å². The minimum atomic E-state index is -0.446. The van der Waals surface area contributed by atoms with Gasteiger partial charge >= 0.3 is 5.97 Å². The number of nitrogens with zero attached hydrogens (tertiary/aromatic N) is 4. The van der Waals surface area contributed by atoms with E-state index in [9.17, 15) is 9.59 Å². The second-order valence-corrected chi connectivity index (χ2v) is 7.74. The molecular weight excluding hydrogens is 436 g/mol. The fourth-order valence-corrected chi connectivity index (χ4v) is 4.19. The molecule has 1 aliphatic heterocycles. The lowest BCUT2D eigenvalue weighted by Gasteiger charge is -2.16. The highest BCUT2D eigenvalue weighted by atomic mass is 16.5. The summed E-state index contributed by atoms with van der Waals surface area (Å²) in [6.45, 7) is 0.503. The summed E-state index contributed by atoms with van der Waals surface area (Å²) in [4.78, 5) is 31.4. The molecule has 0 atom stereocenters. The number of hydrogen-bond acceptors (Lipinski definition) is 7. The van der Waals surface area contributed by atoms with Gasteiger partial charge in [-0.25, -0.2) is 14.3 Å². The SMILES string of the molecule is COC(=O)c1ccc2c(c1)N(C(=O)c1cc3nccc(-c4ccc(OC)c(OC)c4)n3n1)CC2. The number of esters is 1. The van der Waals surface area contributed by atoms with E-state index in [0.717, 1.165) is 16.8 Å². The van der Waals surface area contributed by atoms with Crippen molar-refractivity contribution in [2.45, 2.75) is 6.42 Å². The first-order chi connectivity index (χ1) is 16.5. The van der Waals surface area contributed by atoms with Crippen LogP contribution in [0.4, 0.5) is 5.69 Å². The Balaban J connectivity index is 1.53. The number of anilines is 1. The lowest BCUT2D eigenvalue weighted by atomic mass is 10.1. The van der Waals surface area contributed by atoms with Crippen LogP contribution in [0.25, 0.3) is 16.9 Å². The first-order valence-electron chi connectivity index (χ1n) is 10.6. The van der Waals surface area contributed by atoms with E-state index in [-0.39, 0.29) is 11.6 Å². The van der Waals surface area contributed by atoms with Crippen molar-refractivity contribution in [2.75, 3.05) is 32.8 Å². The molecule has 0 bridgehead atoms. The van der Waals surface area contributed by atoms with Crippen LogP contribution in [-0.2, 0) is 11.2 Å². The van der Waals surface area contributed by atoms with Crippen molar-refractivity contribution in [2.24, 2.45) is 0 Å². The van der Waals surface area contributed by atoms with Gasteiger partial charge < -0.3 is 19.1 Å². The Labute approximate surface area is 195 Å². The maximum atomic E-state index is 13.4. The van der Waals surface area contributed by atoms with Gasteiger partial charge in [0.1, 0.15) is 0 Å². The fraction of sp³-hybridized carbons (Fsp3) is 0.200. The minimum Gasteiger partial charge on any atom is -0.493 e. The van der Waals surface area contributed by atoms with Crippen LogP contribution < -0.4 is 14.4 Å². The summed E-state index contributed by atoms with van der Waals surface area (Å²) >= 11 is 0. The van der Waals surface area contributed by atoms with Gasteiger partial charge in [-0.1, -0.05) is 6.07 Å². The molecule has 9 nitrogen and oxygen atoms in total. The summed E-state index contributed by atoms with van der Waals surface area (Å²) in [5.41, 5.74) is 4.47. The lowest BCUT2D eigenvalue weighted by molar-refractivity contribution is 0.0600. The molecule has 2 aromatic heterocycles. The highest BCUT2D eigenvalue weighted by Crippen LogP contribution is 2.33. The first-order valence-corrected chi connectivity index (χ1v) is 10.6. The van der Waals surface area contributed by atoms with Crippen LogP contribution in [-0.4, -0.2) is 54.3 Å². The summed E-state index contributed by atoms with van der Waals surface area (Å²) in [6, 6.07) is 14.3. The number of fused-ring (bicyclic) bond motifs is 2. The van der Waals surface area contributed by atoms with Crippen LogP contribution in [0.3, 0.4) is 0 Å². The van der Waals surface area contributed by atoms with Crippen molar-refractivity contribution in [3.63, 3.8) is 0 Å². The van der Waals surface area contributed by atoms with Gasteiger partial charge in [0, 0.05) is 30.1 Å². The lowest BCUT2D eigenvalue weighted by Crippen LogP contribution is -2.29. The van der Waals surface area contributed by atoms with Crippen LogP contribution in [0.15, 0.2) is 54.7 Å². The molecule has 5 rings (SSSR count). The summed E-state index contributed by atoms with van der Waals surface area (Å²) < 4.78 is 17.2. The first kappa shape index (κ1) is 21.4. The zero-order valence-corrected chi connectivity index (χ0v) is 18.9. The minimum absolute atomic E-state index is 0.260. The molecule has 0 unspecified atom stereocenters. The molecule has 9 heteroatoms. The van der Waals surface area contributed by atoms with Crippen molar-refractivity contribution in [1.82, 2.24) is 14.6 Å². The molecule has 1 aliphatic rings. The number of carbonyl (C=O) groups is 2. The average Bonchev–Trinajstić information content (AvgIpc) is 3.51. The van der Waals surface area contributed by atoms with E-state index < -0.39 is 5.97 Å². The number of rotatable bonds is 5. The normalized spacial score (nSPS) is 12.5. The highest BCUT2D eigenvalue weighted by molar-refractivity contribution is 6.07. The van der Waals surface area contributed by atoms with E-state index >= 15 is 0 Å². The fourth-order valence-electron chi connectivity index (χ4n) is 4.19. The van der Waals surface area contributed by atoms with E-state index in [4.69, 9.17) is 14.2 Å². The van der Waals surface area contributed by atoms with Gasteiger partial charge in [0.2, 0.25) is 0 Å². The molecule has 2 aromatic carbocycles. The monoisotopic (exact) mass is 458 g/mol. The van der Waals surface area contributed by atoms with Gasteiger partial charge in [0.05, 0.1) is 32.6 Å². The molecule has 0 radical (unpaired) electrons. The van der Waals surface area contributed by atoms with Crippen LogP contribution in [0.1, 0.15) is 26.4 Å². The number of benzene rings is 2. The quantitative estimate of drug-likeness (QED) is 0.423. The Morgan fingerprint density at radius 1 is 0.941 bits per heavy atom. The summed E-state index contributed by atoms with van der Waals surface area (Å²) in [7, 11) is 4.49. The van der Waals surface area contributed by atoms with Gasteiger partial charge in [0.15, 0.2) is 22.8 Å². The summed E-state index contributed by atoms with van der Waals surface area (Å²) in [6.07, 6.45) is 2.37. The van der Waals surface area contributed by atoms with Crippen LogP contribution >= 0.6 is 0 Å². The Morgan fingerprint density at radius 2 is 1.76 bits per heavy atom. The summed E-state index contributed by atoms with van der Waals surface area (Å²) in [5, 5.41) is 4.58. The molecule has 0 spiro atoms. The second-order valence-electron chi connectivity index (χ2n) is 7.74. The van der Waals surface area contributed by atoms with Crippen molar-refractivity contribution < 1.29 is 23.8 Å². The number of carbonyl (C=O) groups excluding carboxylic acids is 2. The summed E-state index contributed by atoms with van der Waals surface area (Å²) in [5.74, 6) is 0.499. The number of methoxy groups -OCH3 is 3. The van der Waals surface area contributed by atoms with Crippen LogP contribution in [0.2, 0.25) is 0 Å². The topological polar surface area (TPSA) is 95.3 Å². The largest absolute Gasteiger partial charge is 0.493 e. The van der Waals surface area contributed by atoms with Crippen LogP contribution in [0, 0.1) is 0 Å². The van der Waals surface area contributed by atoms with Gasteiger partial charge in [0.25, 0.3) is 5.91 Å². The maximum absolute atomic E-state index is 13.4. The zero-order valence-electron chi connectivity index (χ0n) is 18.9. The predicted octanol–water partition coefficient (Wildman–Crippen LogP) is 3.40. The molecular formula is C25H22N4O5. The van der Waals surface area contributed by atoms with Crippen molar-refractivity contribution >= 4 is 23.2 Å². The number of ether oxygens (including phenoxy) is 3. The van der Waals surface area contributed by atoms with Gasteiger partial charge in [-0.2, -0.15) is 5.10 Å². The third kappa shape index (κ3) is 3.51. The van der Waals surface area contributed by atoms with E-state index in [1.165, 1.54) is 7.11 Å². The maximum Gasteiger partial charge on any atom is 0.337 e.